The van der Waals surface area contributed by atoms with Crippen LogP contribution >= 0.6 is 0 Å². The number of hydrogen-bond acceptors (Lipinski definition) is 1. The first-order valence-electron chi connectivity index (χ1n) is 7.54. The highest BCUT2D eigenvalue weighted by Crippen LogP contribution is 2.52. The van der Waals surface area contributed by atoms with Gasteiger partial charge in [-0.1, -0.05) is 18.6 Å². The van der Waals surface area contributed by atoms with Crippen LogP contribution in [0.4, 0.5) is 4.39 Å². The van der Waals surface area contributed by atoms with Gasteiger partial charge in [-0.3, -0.25) is 0 Å². The van der Waals surface area contributed by atoms with Crippen LogP contribution in [0.15, 0.2) is 12.1 Å². The molecule has 0 heterocycles. The normalized spacial score (nSPS) is 30.8. The van der Waals surface area contributed by atoms with Gasteiger partial charge in [0.05, 0.1) is 0 Å². The number of aryl methyl sites for hydroxylation is 2. The summed E-state index contributed by atoms with van der Waals surface area (Å²) in [5.74, 6) is 2.53. The molecule has 1 N–H and O–H groups in total. The minimum Gasteiger partial charge on any atom is -0.313 e. The van der Waals surface area contributed by atoms with Gasteiger partial charge in [0.2, 0.25) is 0 Å². The molecular weight excluding hydrogens is 237 g/mol. The van der Waals surface area contributed by atoms with Gasteiger partial charge in [-0.05, 0) is 74.6 Å². The Labute approximate surface area is 115 Å². The molecule has 0 aromatic heterocycles. The van der Waals surface area contributed by atoms with E-state index in [1.165, 1.54) is 31.2 Å². The summed E-state index contributed by atoms with van der Waals surface area (Å²) in [6.07, 6.45) is 5.60. The second kappa shape index (κ2) is 4.90. The molecule has 2 aliphatic rings. The van der Waals surface area contributed by atoms with E-state index in [0.29, 0.717) is 6.04 Å². The highest BCUT2D eigenvalue weighted by Gasteiger charge is 2.43. The van der Waals surface area contributed by atoms with Crippen molar-refractivity contribution in [3.05, 3.63) is 34.6 Å². The average molecular weight is 261 g/mol. The summed E-state index contributed by atoms with van der Waals surface area (Å²) in [7, 11) is 2.05. The molecule has 2 saturated carbocycles. The Morgan fingerprint density at radius 3 is 2.32 bits per heavy atom. The summed E-state index contributed by atoms with van der Waals surface area (Å²) in [6.45, 7) is 3.75. The van der Waals surface area contributed by atoms with Crippen molar-refractivity contribution in [3.8, 4) is 0 Å². The summed E-state index contributed by atoms with van der Waals surface area (Å²) in [5, 5.41) is 3.50. The van der Waals surface area contributed by atoms with E-state index in [2.05, 4.69) is 5.32 Å². The van der Waals surface area contributed by atoms with Crippen molar-refractivity contribution >= 4 is 0 Å². The minimum absolute atomic E-state index is 0.0495. The van der Waals surface area contributed by atoms with Crippen molar-refractivity contribution in [1.82, 2.24) is 5.32 Å². The average Bonchev–Trinajstić information content (AvgIpc) is 2.99. The van der Waals surface area contributed by atoms with E-state index in [9.17, 15) is 4.39 Å². The zero-order valence-corrected chi connectivity index (χ0v) is 12.2. The van der Waals surface area contributed by atoms with Crippen LogP contribution in [0.1, 0.15) is 48.4 Å². The third-order valence-electron chi connectivity index (χ3n) is 5.35. The molecule has 1 aromatic carbocycles. The van der Waals surface area contributed by atoms with E-state index in [1.54, 1.807) is 0 Å². The number of hydrogen-bond donors (Lipinski definition) is 1. The van der Waals surface area contributed by atoms with Gasteiger partial charge in [0.1, 0.15) is 5.82 Å². The molecule has 0 amide bonds. The van der Waals surface area contributed by atoms with Gasteiger partial charge >= 0.3 is 0 Å². The van der Waals surface area contributed by atoms with E-state index in [4.69, 9.17) is 0 Å². The van der Waals surface area contributed by atoms with Crippen LogP contribution in [0, 0.1) is 37.4 Å². The van der Waals surface area contributed by atoms with Crippen molar-refractivity contribution < 1.29 is 4.39 Å². The van der Waals surface area contributed by atoms with Crippen LogP contribution in [-0.4, -0.2) is 7.05 Å². The molecule has 0 aliphatic heterocycles. The monoisotopic (exact) mass is 261 g/mol. The smallest absolute Gasteiger partial charge is 0.129 e. The second-order valence-corrected chi connectivity index (χ2v) is 6.57. The van der Waals surface area contributed by atoms with Crippen LogP contribution in [0.5, 0.6) is 0 Å². The minimum atomic E-state index is -0.0495. The molecule has 19 heavy (non-hydrogen) atoms. The second-order valence-electron chi connectivity index (χ2n) is 6.57. The van der Waals surface area contributed by atoms with E-state index in [-0.39, 0.29) is 5.82 Å². The van der Waals surface area contributed by atoms with Crippen molar-refractivity contribution in [1.29, 1.82) is 0 Å². The van der Waals surface area contributed by atoms with Crippen LogP contribution in [-0.2, 0) is 0 Å². The molecule has 0 spiro atoms. The molecule has 0 radical (unpaired) electrons. The van der Waals surface area contributed by atoms with Crippen LogP contribution < -0.4 is 5.32 Å². The molecule has 2 bridgehead atoms. The molecule has 0 saturated heterocycles. The Hall–Kier alpha value is -0.890. The fourth-order valence-electron chi connectivity index (χ4n) is 4.49. The van der Waals surface area contributed by atoms with Crippen LogP contribution in [0.25, 0.3) is 0 Å². The highest BCUT2D eigenvalue weighted by molar-refractivity contribution is 5.33. The zero-order valence-electron chi connectivity index (χ0n) is 12.2. The first-order chi connectivity index (χ1) is 9.10. The maximum atomic E-state index is 13.8. The number of benzene rings is 1. The predicted octanol–water partition coefficient (Wildman–Crippen LogP) is 4.14. The predicted molar refractivity (Wildman–Crippen MR) is 76.6 cm³/mol. The van der Waals surface area contributed by atoms with Gasteiger partial charge in [-0.25, -0.2) is 4.39 Å². The van der Waals surface area contributed by atoms with Crippen LogP contribution in [0.3, 0.4) is 0 Å². The number of halogens is 1. The lowest BCUT2D eigenvalue weighted by atomic mass is 9.80. The van der Waals surface area contributed by atoms with Gasteiger partial charge in [0.15, 0.2) is 0 Å². The highest BCUT2D eigenvalue weighted by atomic mass is 19.1. The summed E-state index contributed by atoms with van der Waals surface area (Å²) in [6, 6.07) is 4.47. The summed E-state index contributed by atoms with van der Waals surface area (Å²) in [5.41, 5.74) is 2.83. The fourth-order valence-corrected chi connectivity index (χ4v) is 4.49. The van der Waals surface area contributed by atoms with Gasteiger partial charge in [0.25, 0.3) is 0 Å². The Morgan fingerprint density at radius 2 is 1.84 bits per heavy atom. The Morgan fingerprint density at radius 1 is 1.16 bits per heavy atom. The third kappa shape index (κ3) is 2.20. The van der Waals surface area contributed by atoms with E-state index in [1.807, 2.05) is 33.0 Å². The molecule has 1 nitrogen and oxygen atoms in total. The molecule has 104 valence electrons. The van der Waals surface area contributed by atoms with Gasteiger partial charge < -0.3 is 5.32 Å². The standard InChI is InChI=1S/C17H24FN/c1-10-6-14(7-11(2)16(10)18)17(19-3)15-9-12-4-5-13(15)8-12/h6-7,12-13,15,17,19H,4-5,8-9H2,1-3H3. The number of nitrogens with one attached hydrogen (secondary N) is 1. The van der Waals surface area contributed by atoms with E-state index in [0.717, 1.165) is 28.9 Å². The molecule has 2 aliphatic carbocycles. The maximum Gasteiger partial charge on any atom is 0.129 e. The topological polar surface area (TPSA) is 12.0 Å². The van der Waals surface area contributed by atoms with Gasteiger partial charge in [0, 0.05) is 6.04 Å². The van der Waals surface area contributed by atoms with Crippen molar-refractivity contribution in [3.63, 3.8) is 0 Å². The van der Waals surface area contributed by atoms with Crippen molar-refractivity contribution in [2.45, 2.75) is 45.6 Å². The van der Waals surface area contributed by atoms with Gasteiger partial charge in [-0.15, -0.1) is 0 Å². The van der Waals surface area contributed by atoms with Crippen molar-refractivity contribution in [2.75, 3.05) is 7.05 Å². The molecule has 4 atom stereocenters. The SMILES string of the molecule is CNC(c1cc(C)c(F)c(C)c1)C1CC2CCC1C2. The lowest BCUT2D eigenvalue weighted by Crippen LogP contribution is -2.29. The van der Waals surface area contributed by atoms with Gasteiger partial charge in [-0.2, -0.15) is 0 Å². The van der Waals surface area contributed by atoms with Crippen LogP contribution in [0.2, 0.25) is 0 Å². The summed E-state index contributed by atoms with van der Waals surface area (Å²) in [4.78, 5) is 0. The first kappa shape index (κ1) is 13.1. The van der Waals surface area contributed by atoms with Crippen molar-refractivity contribution in [2.24, 2.45) is 17.8 Å². The molecule has 1 aromatic rings. The Balaban J connectivity index is 1.90. The summed E-state index contributed by atoms with van der Waals surface area (Å²) < 4.78 is 13.8. The summed E-state index contributed by atoms with van der Waals surface area (Å²) >= 11 is 0. The fraction of sp³-hybridized carbons (Fsp3) is 0.647. The lowest BCUT2D eigenvalue weighted by molar-refractivity contribution is 0.259. The largest absolute Gasteiger partial charge is 0.313 e. The number of rotatable bonds is 3. The number of fused-ring (bicyclic) bond motifs is 2. The van der Waals surface area contributed by atoms with E-state index < -0.39 is 0 Å². The Bertz CT molecular complexity index is 459. The van der Waals surface area contributed by atoms with E-state index >= 15 is 0 Å². The molecule has 2 fully saturated rings. The molecule has 4 unspecified atom stereocenters. The Kier molecular flexibility index (Phi) is 3.38. The zero-order chi connectivity index (χ0) is 13.6. The third-order valence-corrected chi connectivity index (χ3v) is 5.35. The first-order valence-corrected chi connectivity index (χ1v) is 7.54. The molecular formula is C17H24FN. The maximum absolute atomic E-state index is 13.8. The lowest BCUT2D eigenvalue weighted by Gasteiger charge is -2.31. The molecule has 2 heteroatoms. The quantitative estimate of drug-likeness (QED) is 0.862. The molecule has 3 rings (SSSR count).